The van der Waals surface area contributed by atoms with E-state index < -0.39 is 0 Å². The van der Waals surface area contributed by atoms with Gasteiger partial charge in [-0.15, -0.1) is 0 Å². The lowest BCUT2D eigenvalue weighted by molar-refractivity contribution is -0.127. The number of carbonyl (C=O) groups is 2. The van der Waals surface area contributed by atoms with Crippen molar-refractivity contribution >= 4 is 11.8 Å². The third-order valence-corrected chi connectivity index (χ3v) is 5.49. The number of piperazine rings is 1. The Morgan fingerprint density at radius 2 is 1.70 bits per heavy atom. The summed E-state index contributed by atoms with van der Waals surface area (Å²) >= 11 is 0. The maximum Gasteiger partial charge on any atom is 0.234 e. The van der Waals surface area contributed by atoms with Crippen molar-refractivity contribution in [3.05, 3.63) is 35.9 Å². The maximum absolute atomic E-state index is 12.1. The van der Waals surface area contributed by atoms with Crippen molar-refractivity contribution in [1.82, 2.24) is 20.0 Å². The van der Waals surface area contributed by atoms with Crippen LogP contribution in [0.2, 0.25) is 0 Å². The molecule has 2 amide bonds. The first-order valence-corrected chi connectivity index (χ1v) is 10.2. The van der Waals surface area contributed by atoms with E-state index in [0.29, 0.717) is 19.5 Å². The predicted octanol–water partition coefficient (Wildman–Crippen LogP) is 0.975. The lowest BCUT2D eigenvalue weighted by Crippen LogP contribution is -2.49. The molecule has 2 aliphatic heterocycles. The molecule has 0 unspecified atom stereocenters. The minimum atomic E-state index is 0.0977. The van der Waals surface area contributed by atoms with Crippen LogP contribution in [-0.4, -0.2) is 85.4 Å². The van der Waals surface area contributed by atoms with E-state index in [9.17, 15) is 9.59 Å². The summed E-state index contributed by atoms with van der Waals surface area (Å²) in [5.41, 5.74) is 1.38. The zero-order valence-corrected chi connectivity index (χ0v) is 16.2. The van der Waals surface area contributed by atoms with E-state index in [-0.39, 0.29) is 11.8 Å². The number of likely N-dealkylation sites (tertiary alicyclic amines) is 1. The molecule has 2 saturated heterocycles. The molecule has 0 saturated carbocycles. The van der Waals surface area contributed by atoms with Crippen LogP contribution in [0.5, 0.6) is 0 Å². The number of amides is 2. The van der Waals surface area contributed by atoms with Crippen molar-refractivity contribution in [2.24, 2.45) is 0 Å². The van der Waals surface area contributed by atoms with Crippen molar-refractivity contribution in [3.63, 3.8) is 0 Å². The van der Waals surface area contributed by atoms with Gasteiger partial charge in [-0.05, 0) is 24.8 Å². The molecule has 0 spiro atoms. The van der Waals surface area contributed by atoms with Crippen LogP contribution in [0.25, 0.3) is 0 Å². The number of hydrogen-bond donors (Lipinski definition) is 1. The van der Waals surface area contributed by atoms with Gasteiger partial charge in [0, 0.05) is 58.8 Å². The first-order valence-electron chi connectivity index (χ1n) is 10.2. The highest BCUT2D eigenvalue weighted by atomic mass is 16.2. The Bertz CT molecular complexity index is 599. The van der Waals surface area contributed by atoms with Gasteiger partial charge in [0.25, 0.3) is 0 Å². The Kier molecular flexibility index (Phi) is 7.66. The molecule has 0 bridgehead atoms. The number of hydrogen-bond acceptors (Lipinski definition) is 4. The Balaban J connectivity index is 1.24. The molecule has 0 radical (unpaired) electrons. The zero-order chi connectivity index (χ0) is 18.9. The van der Waals surface area contributed by atoms with Gasteiger partial charge in [0.15, 0.2) is 0 Å². The quantitative estimate of drug-likeness (QED) is 0.657. The zero-order valence-electron chi connectivity index (χ0n) is 16.2. The lowest BCUT2D eigenvalue weighted by Gasteiger charge is -2.34. The number of nitrogens with one attached hydrogen (secondary N) is 1. The summed E-state index contributed by atoms with van der Waals surface area (Å²) in [6.45, 7) is 7.80. The van der Waals surface area contributed by atoms with Crippen molar-refractivity contribution in [2.45, 2.75) is 25.7 Å². The SMILES string of the molecule is O=C(CN1CCN(CCc2ccccc2)CC1)NCCCN1CCCC1=O. The van der Waals surface area contributed by atoms with E-state index in [1.807, 2.05) is 4.90 Å². The summed E-state index contributed by atoms with van der Waals surface area (Å²) in [6.07, 6.45) is 3.58. The van der Waals surface area contributed by atoms with Crippen molar-refractivity contribution in [1.29, 1.82) is 0 Å². The van der Waals surface area contributed by atoms with Crippen LogP contribution in [0, 0.1) is 0 Å². The molecule has 2 heterocycles. The standard InChI is InChI=1S/C21H32N4O2/c26-20(22-10-5-12-25-11-4-8-21(25)27)18-24-16-14-23(15-17-24)13-9-19-6-2-1-3-7-19/h1-3,6-7H,4-5,8-18H2,(H,22,26). The number of carbonyl (C=O) groups excluding carboxylic acids is 2. The summed E-state index contributed by atoms with van der Waals surface area (Å²) in [6, 6.07) is 10.6. The fraction of sp³-hybridized carbons (Fsp3) is 0.619. The first-order chi connectivity index (χ1) is 13.2. The van der Waals surface area contributed by atoms with Gasteiger partial charge < -0.3 is 15.1 Å². The lowest BCUT2D eigenvalue weighted by atomic mass is 10.1. The van der Waals surface area contributed by atoms with Gasteiger partial charge in [0.2, 0.25) is 11.8 Å². The largest absolute Gasteiger partial charge is 0.355 e. The number of benzene rings is 1. The average molecular weight is 373 g/mol. The molecule has 6 nitrogen and oxygen atoms in total. The predicted molar refractivity (Wildman–Crippen MR) is 106 cm³/mol. The first kappa shape index (κ1) is 19.8. The van der Waals surface area contributed by atoms with Gasteiger partial charge in [0.1, 0.15) is 0 Å². The van der Waals surface area contributed by atoms with Crippen LogP contribution in [0.3, 0.4) is 0 Å². The molecule has 2 aliphatic rings. The second-order valence-corrected chi connectivity index (χ2v) is 7.54. The normalized spacial score (nSPS) is 18.8. The molecule has 0 atom stereocenters. The van der Waals surface area contributed by atoms with Crippen LogP contribution in [0.4, 0.5) is 0 Å². The second kappa shape index (κ2) is 10.4. The smallest absolute Gasteiger partial charge is 0.234 e. The second-order valence-electron chi connectivity index (χ2n) is 7.54. The van der Waals surface area contributed by atoms with Gasteiger partial charge in [0.05, 0.1) is 6.54 Å². The highest BCUT2D eigenvalue weighted by Crippen LogP contribution is 2.09. The Morgan fingerprint density at radius 3 is 2.41 bits per heavy atom. The van der Waals surface area contributed by atoms with Crippen LogP contribution >= 0.6 is 0 Å². The molecule has 1 aromatic carbocycles. The minimum Gasteiger partial charge on any atom is -0.355 e. The van der Waals surface area contributed by atoms with Gasteiger partial charge in [-0.2, -0.15) is 0 Å². The summed E-state index contributed by atoms with van der Waals surface area (Å²) in [5.74, 6) is 0.354. The fourth-order valence-electron chi connectivity index (χ4n) is 3.80. The Labute approximate surface area is 162 Å². The van der Waals surface area contributed by atoms with Crippen molar-refractivity contribution < 1.29 is 9.59 Å². The maximum atomic E-state index is 12.1. The molecule has 1 aromatic rings. The molecule has 27 heavy (non-hydrogen) atoms. The van der Waals surface area contributed by atoms with E-state index in [1.54, 1.807) is 0 Å². The fourth-order valence-corrected chi connectivity index (χ4v) is 3.80. The van der Waals surface area contributed by atoms with E-state index in [4.69, 9.17) is 0 Å². The van der Waals surface area contributed by atoms with Crippen LogP contribution in [0.15, 0.2) is 30.3 Å². The van der Waals surface area contributed by atoms with E-state index >= 15 is 0 Å². The third kappa shape index (κ3) is 6.63. The number of nitrogens with zero attached hydrogens (tertiary/aromatic N) is 3. The minimum absolute atomic E-state index is 0.0977. The molecule has 0 aliphatic carbocycles. The number of rotatable bonds is 9. The summed E-state index contributed by atoms with van der Waals surface area (Å²) in [4.78, 5) is 30.3. The van der Waals surface area contributed by atoms with Crippen LogP contribution in [0.1, 0.15) is 24.8 Å². The van der Waals surface area contributed by atoms with E-state index in [1.165, 1.54) is 5.56 Å². The summed E-state index contributed by atoms with van der Waals surface area (Å²) in [7, 11) is 0. The van der Waals surface area contributed by atoms with Crippen molar-refractivity contribution in [2.75, 3.05) is 58.9 Å². The molecule has 6 heteroatoms. The van der Waals surface area contributed by atoms with Crippen LogP contribution in [-0.2, 0) is 16.0 Å². The van der Waals surface area contributed by atoms with Gasteiger partial charge in [-0.3, -0.25) is 14.5 Å². The third-order valence-electron chi connectivity index (χ3n) is 5.49. The highest BCUT2D eigenvalue weighted by Gasteiger charge is 2.20. The summed E-state index contributed by atoms with van der Waals surface area (Å²) < 4.78 is 0. The van der Waals surface area contributed by atoms with Crippen LogP contribution < -0.4 is 5.32 Å². The molecular weight excluding hydrogens is 340 g/mol. The van der Waals surface area contributed by atoms with Crippen molar-refractivity contribution in [3.8, 4) is 0 Å². The van der Waals surface area contributed by atoms with E-state index in [0.717, 1.165) is 65.1 Å². The topological polar surface area (TPSA) is 55.9 Å². The Morgan fingerprint density at radius 1 is 0.963 bits per heavy atom. The molecule has 1 N–H and O–H groups in total. The van der Waals surface area contributed by atoms with Gasteiger partial charge in [-0.25, -0.2) is 0 Å². The monoisotopic (exact) mass is 372 g/mol. The Hall–Kier alpha value is -1.92. The molecule has 148 valence electrons. The molecule has 2 fully saturated rings. The molecule has 3 rings (SSSR count). The van der Waals surface area contributed by atoms with E-state index in [2.05, 4.69) is 45.4 Å². The van der Waals surface area contributed by atoms with Gasteiger partial charge >= 0.3 is 0 Å². The highest BCUT2D eigenvalue weighted by molar-refractivity contribution is 5.78. The summed E-state index contributed by atoms with van der Waals surface area (Å²) in [5, 5.41) is 2.99. The molecular formula is C21H32N4O2. The van der Waals surface area contributed by atoms with Gasteiger partial charge in [-0.1, -0.05) is 30.3 Å². The average Bonchev–Trinajstić information content (AvgIpc) is 3.10. The molecule has 0 aromatic heterocycles.